The fraction of sp³-hybridized carbons (Fsp3) is 0.556. The van der Waals surface area contributed by atoms with Gasteiger partial charge >= 0.3 is 6.03 Å². The summed E-state index contributed by atoms with van der Waals surface area (Å²) in [6, 6.07) is 3.32. The number of sulfonamides is 1. The number of ether oxygens (including phenoxy) is 2. The molecule has 2 heterocycles. The highest BCUT2D eigenvalue weighted by atomic mass is 35.5. The van der Waals surface area contributed by atoms with Gasteiger partial charge in [-0.1, -0.05) is 11.6 Å². The summed E-state index contributed by atoms with van der Waals surface area (Å²) in [5, 5.41) is 12.5. The molecule has 1 unspecified atom stereocenters. The molecule has 2 amide bonds. The number of nitriles is 1. The Kier molecular flexibility index (Phi) is 7.25. The largest absolute Gasteiger partial charge is 0.495 e. The SMILES string of the molecule is COc1ccc(Cl)cc1S(=O)(=O)NC1C[C@H](CNC(=O)N2CCOCC2)N(C#N)C1. The Labute approximate surface area is 180 Å². The Morgan fingerprint density at radius 1 is 1.40 bits per heavy atom. The first-order valence-corrected chi connectivity index (χ1v) is 11.3. The number of carbonyl (C=O) groups excluding carboxylic acids is 1. The Morgan fingerprint density at radius 2 is 2.13 bits per heavy atom. The molecule has 2 aliphatic rings. The van der Waals surface area contributed by atoms with Crippen LogP contribution in [0.5, 0.6) is 5.75 Å². The number of morpholine rings is 1. The third kappa shape index (κ3) is 5.26. The van der Waals surface area contributed by atoms with E-state index in [0.717, 1.165) is 0 Å². The molecule has 0 spiro atoms. The molecule has 0 aromatic heterocycles. The van der Waals surface area contributed by atoms with E-state index in [4.69, 9.17) is 21.1 Å². The summed E-state index contributed by atoms with van der Waals surface area (Å²) in [4.78, 5) is 15.3. The maximum Gasteiger partial charge on any atom is 0.317 e. The van der Waals surface area contributed by atoms with Crippen molar-refractivity contribution >= 4 is 27.7 Å². The molecule has 2 N–H and O–H groups in total. The number of likely N-dealkylation sites (tertiary alicyclic amines) is 1. The van der Waals surface area contributed by atoms with Gasteiger partial charge in [-0.05, 0) is 24.6 Å². The molecule has 0 aliphatic carbocycles. The van der Waals surface area contributed by atoms with E-state index >= 15 is 0 Å². The standard InChI is InChI=1S/C18H24ClN5O5S/c1-28-16-3-2-13(19)8-17(16)30(26,27)22-14-9-15(24(11-14)12-20)10-21-18(25)23-4-6-29-7-5-23/h2-3,8,14-15,22H,4-7,9-11H2,1H3,(H,21,25)/t14?,15-/m1/s1. The van der Waals surface area contributed by atoms with Crippen molar-refractivity contribution in [2.75, 3.05) is 46.5 Å². The maximum atomic E-state index is 12.9. The number of methoxy groups -OCH3 is 1. The second kappa shape index (κ2) is 9.70. The minimum atomic E-state index is -3.92. The van der Waals surface area contributed by atoms with Crippen LogP contribution in [-0.2, 0) is 14.8 Å². The van der Waals surface area contributed by atoms with E-state index in [9.17, 15) is 18.5 Å². The lowest BCUT2D eigenvalue weighted by Crippen LogP contribution is -2.48. The van der Waals surface area contributed by atoms with Crippen LogP contribution in [0.2, 0.25) is 5.02 Å². The first-order valence-electron chi connectivity index (χ1n) is 9.47. The van der Waals surface area contributed by atoms with Gasteiger partial charge in [-0.15, -0.1) is 0 Å². The van der Waals surface area contributed by atoms with Crippen molar-refractivity contribution in [3.8, 4) is 11.9 Å². The van der Waals surface area contributed by atoms with Crippen LogP contribution in [0.3, 0.4) is 0 Å². The van der Waals surface area contributed by atoms with Gasteiger partial charge < -0.3 is 24.6 Å². The molecule has 164 valence electrons. The molecule has 2 aliphatic heterocycles. The minimum absolute atomic E-state index is 0.0647. The molecular formula is C18H24ClN5O5S. The van der Waals surface area contributed by atoms with Gasteiger partial charge in [-0.25, -0.2) is 17.9 Å². The summed E-state index contributed by atoms with van der Waals surface area (Å²) in [7, 11) is -2.54. The number of hydrogen-bond donors (Lipinski definition) is 2. The molecule has 12 heteroatoms. The Bertz CT molecular complexity index is 916. The molecule has 2 fully saturated rings. The summed E-state index contributed by atoms with van der Waals surface area (Å²) in [6.45, 7) is 2.47. The number of carbonyl (C=O) groups is 1. The second-order valence-corrected chi connectivity index (χ2v) is 9.16. The van der Waals surface area contributed by atoms with Crippen molar-refractivity contribution in [1.29, 1.82) is 5.26 Å². The van der Waals surface area contributed by atoms with Gasteiger partial charge in [0.05, 0.1) is 26.4 Å². The van der Waals surface area contributed by atoms with Gasteiger partial charge in [0.15, 0.2) is 6.19 Å². The van der Waals surface area contributed by atoms with E-state index < -0.39 is 16.1 Å². The Morgan fingerprint density at radius 3 is 2.80 bits per heavy atom. The van der Waals surface area contributed by atoms with Crippen LogP contribution in [0, 0.1) is 11.5 Å². The Balaban J connectivity index is 1.62. The molecule has 3 rings (SSSR count). The third-order valence-corrected chi connectivity index (χ3v) is 6.84. The van der Waals surface area contributed by atoms with Gasteiger partial charge in [0.1, 0.15) is 10.6 Å². The van der Waals surface area contributed by atoms with Crippen molar-refractivity contribution in [3.05, 3.63) is 23.2 Å². The summed E-state index contributed by atoms with van der Waals surface area (Å²) in [5.41, 5.74) is 0. The van der Waals surface area contributed by atoms with Crippen LogP contribution in [0.25, 0.3) is 0 Å². The number of rotatable bonds is 6. The molecule has 2 saturated heterocycles. The number of nitrogens with zero attached hydrogens (tertiary/aromatic N) is 3. The van der Waals surface area contributed by atoms with Crippen molar-refractivity contribution in [2.24, 2.45) is 0 Å². The summed E-state index contributed by atoms with van der Waals surface area (Å²) >= 11 is 5.95. The van der Waals surface area contributed by atoms with E-state index in [1.807, 2.05) is 0 Å². The van der Waals surface area contributed by atoms with Crippen molar-refractivity contribution in [3.63, 3.8) is 0 Å². The zero-order valence-corrected chi connectivity index (χ0v) is 18.1. The summed E-state index contributed by atoms with van der Waals surface area (Å²) in [6.07, 6.45) is 2.45. The van der Waals surface area contributed by atoms with Gasteiger partial charge in [0.2, 0.25) is 10.0 Å². The third-order valence-electron chi connectivity index (χ3n) is 5.07. The molecule has 1 aromatic rings. The predicted octanol–water partition coefficient (Wildman–Crippen LogP) is 0.593. The van der Waals surface area contributed by atoms with Crippen molar-refractivity contribution in [2.45, 2.75) is 23.4 Å². The number of urea groups is 1. The first-order chi connectivity index (χ1) is 14.3. The molecular weight excluding hydrogens is 434 g/mol. The highest BCUT2D eigenvalue weighted by Crippen LogP contribution is 2.28. The van der Waals surface area contributed by atoms with Crippen LogP contribution in [0.1, 0.15) is 6.42 Å². The second-order valence-electron chi connectivity index (χ2n) is 7.04. The van der Waals surface area contributed by atoms with Crippen molar-refractivity contribution < 1.29 is 22.7 Å². The lowest BCUT2D eigenvalue weighted by molar-refractivity contribution is 0.0529. The highest BCUT2D eigenvalue weighted by Gasteiger charge is 2.35. The zero-order chi connectivity index (χ0) is 21.7. The highest BCUT2D eigenvalue weighted by molar-refractivity contribution is 7.89. The number of hydrogen-bond acceptors (Lipinski definition) is 7. The predicted molar refractivity (Wildman–Crippen MR) is 109 cm³/mol. The average Bonchev–Trinajstić information content (AvgIpc) is 3.13. The van der Waals surface area contributed by atoms with Crippen LogP contribution in [0.15, 0.2) is 23.1 Å². The van der Waals surface area contributed by atoms with E-state index in [0.29, 0.717) is 32.7 Å². The van der Waals surface area contributed by atoms with E-state index in [1.54, 1.807) is 11.0 Å². The average molecular weight is 458 g/mol. The Hall–Kier alpha value is -2.26. The van der Waals surface area contributed by atoms with Gasteiger partial charge in [-0.2, -0.15) is 5.26 Å². The summed E-state index contributed by atoms with van der Waals surface area (Å²) < 4.78 is 38.7. The van der Waals surface area contributed by atoms with Gasteiger partial charge in [0.25, 0.3) is 0 Å². The lowest BCUT2D eigenvalue weighted by atomic mass is 10.2. The van der Waals surface area contributed by atoms with E-state index in [1.165, 1.54) is 24.1 Å². The van der Waals surface area contributed by atoms with Crippen molar-refractivity contribution in [1.82, 2.24) is 19.8 Å². The molecule has 1 aromatic carbocycles. The van der Waals surface area contributed by atoms with Crippen LogP contribution in [-0.4, -0.2) is 82.8 Å². The van der Waals surface area contributed by atoms with Gasteiger partial charge in [-0.3, -0.25) is 0 Å². The van der Waals surface area contributed by atoms with Crippen LogP contribution >= 0.6 is 11.6 Å². The quantitative estimate of drug-likeness (QED) is 0.599. The lowest BCUT2D eigenvalue weighted by Gasteiger charge is -2.28. The molecule has 10 nitrogen and oxygen atoms in total. The molecule has 2 atom stereocenters. The number of halogens is 1. The van der Waals surface area contributed by atoms with Crippen LogP contribution < -0.4 is 14.8 Å². The smallest absolute Gasteiger partial charge is 0.317 e. The number of nitrogens with one attached hydrogen (secondary N) is 2. The maximum absolute atomic E-state index is 12.9. The first kappa shape index (κ1) is 22.4. The van der Waals surface area contributed by atoms with Crippen LogP contribution in [0.4, 0.5) is 4.79 Å². The van der Waals surface area contributed by atoms with E-state index in [2.05, 4.69) is 16.2 Å². The monoisotopic (exact) mass is 457 g/mol. The number of amides is 2. The molecule has 0 bridgehead atoms. The molecule has 0 radical (unpaired) electrons. The number of benzene rings is 1. The normalized spacial score (nSPS) is 21.9. The fourth-order valence-electron chi connectivity index (χ4n) is 3.54. The summed E-state index contributed by atoms with van der Waals surface area (Å²) in [5.74, 6) is 0.177. The fourth-order valence-corrected chi connectivity index (χ4v) is 5.22. The molecule has 0 saturated carbocycles. The van der Waals surface area contributed by atoms with E-state index in [-0.39, 0.29) is 40.8 Å². The molecule has 30 heavy (non-hydrogen) atoms. The van der Waals surface area contributed by atoms with Gasteiger partial charge in [0, 0.05) is 37.2 Å². The topological polar surface area (TPSA) is 124 Å². The minimum Gasteiger partial charge on any atom is -0.495 e. The zero-order valence-electron chi connectivity index (χ0n) is 16.5.